The molecule has 1 atom stereocenters. The Morgan fingerprint density at radius 3 is 2.69 bits per heavy atom. The highest BCUT2D eigenvalue weighted by Crippen LogP contribution is 2.44. The highest BCUT2D eigenvalue weighted by atomic mass is 19.1. The fourth-order valence-corrected chi connectivity index (χ4v) is 4.76. The first-order chi connectivity index (χ1) is 15.4. The molecule has 2 heterocycles. The largest absolute Gasteiger partial charge is 0.496 e. The zero-order chi connectivity index (χ0) is 22.6. The van der Waals surface area contributed by atoms with Gasteiger partial charge < -0.3 is 14.8 Å². The molecule has 168 valence electrons. The second kappa shape index (κ2) is 9.25. The molecule has 2 aromatic carbocycles. The second-order valence-electron chi connectivity index (χ2n) is 8.99. The van der Waals surface area contributed by atoms with E-state index in [-0.39, 0.29) is 16.8 Å². The zero-order valence-electron chi connectivity index (χ0n) is 18.9. The van der Waals surface area contributed by atoms with E-state index in [1.165, 1.54) is 17.7 Å². The number of anilines is 1. The molecular formula is C26H30FN3O2. The molecule has 4 rings (SSSR count). The van der Waals surface area contributed by atoms with E-state index in [9.17, 15) is 4.39 Å². The van der Waals surface area contributed by atoms with Crippen molar-refractivity contribution in [2.45, 2.75) is 44.1 Å². The lowest BCUT2D eigenvalue weighted by molar-refractivity contribution is -0.0835. The van der Waals surface area contributed by atoms with E-state index in [1.54, 1.807) is 25.6 Å². The highest BCUT2D eigenvalue weighted by Gasteiger charge is 2.41. The molecule has 0 saturated carbocycles. The van der Waals surface area contributed by atoms with Crippen LogP contribution in [0.2, 0.25) is 0 Å². The third-order valence-corrected chi connectivity index (χ3v) is 6.21. The van der Waals surface area contributed by atoms with E-state index in [1.807, 2.05) is 0 Å². The van der Waals surface area contributed by atoms with Gasteiger partial charge in [0.05, 0.1) is 30.8 Å². The number of nitrogens with one attached hydrogen (secondary N) is 1. The quantitative estimate of drug-likeness (QED) is 0.522. The fourth-order valence-electron chi connectivity index (χ4n) is 4.76. The van der Waals surface area contributed by atoms with Crippen molar-refractivity contribution in [1.29, 1.82) is 0 Å². The van der Waals surface area contributed by atoms with Gasteiger partial charge in [0.2, 0.25) is 0 Å². The third kappa shape index (κ3) is 4.91. The molecule has 0 bridgehead atoms. The van der Waals surface area contributed by atoms with E-state index < -0.39 is 0 Å². The normalized spacial score (nSPS) is 20.0. The standard InChI is InChI=1S/C26H30FN3O2/c1-25(2)18-26(12-14-32-25,19-7-5-4-6-8-19)11-13-29-24-17-28-16-22(30-24)21-15-20(27)9-10-23(21)31-3/h4-10,15-17H,11-14,18H2,1-3H3,(H,29,30). The second-order valence-corrected chi connectivity index (χ2v) is 8.99. The minimum absolute atomic E-state index is 0.0346. The molecule has 1 N–H and O–H groups in total. The predicted molar refractivity (Wildman–Crippen MR) is 124 cm³/mol. The van der Waals surface area contributed by atoms with Crippen molar-refractivity contribution < 1.29 is 13.9 Å². The van der Waals surface area contributed by atoms with Crippen molar-refractivity contribution in [2.75, 3.05) is 25.6 Å². The van der Waals surface area contributed by atoms with Gasteiger partial charge in [-0.15, -0.1) is 0 Å². The number of ether oxygens (including phenoxy) is 2. The smallest absolute Gasteiger partial charge is 0.145 e. The number of rotatable bonds is 7. The number of hydrogen-bond donors (Lipinski definition) is 1. The summed E-state index contributed by atoms with van der Waals surface area (Å²) in [6, 6.07) is 15.1. The Morgan fingerprint density at radius 1 is 1.12 bits per heavy atom. The van der Waals surface area contributed by atoms with Crippen LogP contribution in [0, 0.1) is 5.82 Å². The summed E-state index contributed by atoms with van der Waals surface area (Å²) in [5.74, 6) is 0.876. The van der Waals surface area contributed by atoms with Gasteiger partial charge in [-0.2, -0.15) is 0 Å². The zero-order valence-corrected chi connectivity index (χ0v) is 18.9. The van der Waals surface area contributed by atoms with Crippen LogP contribution in [0.25, 0.3) is 11.3 Å². The van der Waals surface area contributed by atoms with E-state index in [0.717, 1.165) is 32.4 Å². The van der Waals surface area contributed by atoms with Crippen molar-refractivity contribution in [3.8, 4) is 17.0 Å². The minimum Gasteiger partial charge on any atom is -0.496 e. The van der Waals surface area contributed by atoms with Crippen molar-refractivity contribution in [2.24, 2.45) is 0 Å². The Labute approximate surface area is 189 Å². The Bertz CT molecular complexity index is 1060. The molecule has 1 aromatic heterocycles. The number of hydrogen-bond acceptors (Lipinski definition) is 5. The van der Waals surface area contributed by atoms with Crippen LogP contribution in [-0.2, 0) is 10.2 Å². The first-order valence-electron chi connectivity index (χ1n) is 11.0. The molecule has 1 aliphatic rings. The summed E-state index contributed by atoms with van der Waals surface area (Å²) in [5.41, 5.74) is 2.36. The van der Waals surface area contributed by atoms with Gasteiger partial charge in [-0.05, 0) is 56.9 Å². The predicted octanol–water partition coefficient (Wildman–Crippen LogP) is 5.62. The van der Waals surface area contributed by atoms with Crippen LogP contribution in [0.5, 0.6) is 5.75 Å². The molecule has 1 saturated heterocycles. The molecule has 0 radical (unpaired) electrons. The molecule has 3 aromatic rings. The van der Waals surface area contributed by atoms with Crippen LogP contribution >= 0.6 is 0 Å². The maximum Gasteiger partial charge on any atom is 0.145 e. The van der Waals surface area contributed by atoms with Gasteiger partial charge in [-0.1, -0.05) is 30.3 Å². The Hall–Kier alpha value is -2.99. The molecule has 5 nitrogen and oxygen atoms in total. The van der Waals surface area contributed by atoms with Crippen molar-refractivity contribution in [3.63, 3.8) is 0 Å². The summed E-state index contributed by atoms with van der Waals surface area (Å²) in [7, 11) is 1.56. The van der Waals surface area contributed by atoms with E-state index in [4.69, 9.17) is 9.47 Å². The lowest BCUT2D eigenvalue weighted by Crippen LogP contribution is -2.44. The van der Waals surface area contributed by atoms with Crippen LogP contribution in [0.15, 0.2) is 60.9 Å². The van der Waals surface area contributed by atoms with Gasteiger partial charge in [-0.3, -0.25) is 4.98 Å². The van der Waals surface area contributed by atoms with Crippen molar-refractivity contribution >= 4 is 5.82 Å². The van der Waals surface area contributed by atoms with Gasteiger partial charge >= 0.3 is 0 Å². The van der Waals surface area contributed by atoms with Crippen LogP contribution in [-0.4, -0.2) is 35.8 Å². The van der Waals surface area contributed by atoms with Gasteiger partial charge in [0.15, 0.2) is 0 Å². The summed E-state index contributed by atoms with van der Waals surface area (Å²) >= 11 is 0. The maximum absolute atomic E-state index is 13.8. The number of benzene rings is 2. The Balaban J connectivity index is 1.52. The molecule has 1 aliphatic heterocycles. The van der Waals surface area contributed by atoms with E-state index >= 15 is 0 Å². The average molecular weight is 436 g/mol. The molecule has 32 heavy (non-hydrogen) atoms. The van der Waals surface area contributed by atoms with Crippen LogP contribution < -0.4 is 10.1 Å². The average Bonchev–Trinajstić information content (AvgIpc) is 2.79. The van der Waals surface area contributed by atoms with E-state index in [0.29, 0.717) is 22.8 Å². The molecule has 6 heteroatoms. The summed E-state index contributed by atoms with van der Waals surface area (Å²) in [4.78, 5) is 8.96. The molecule has 1 unspecified atom stereocenters. The van der Waals surface area contributed by atoms with E-state index in [2.05, 4.69) is 59.5 Å². The SMILES string of the molecule is COc1ccc(F)cc1-c1cncc(NCCC2(c3ccccc3)CCOC(C)(C)C2)n1. The van der Waals surface area contributed by atoms with Gasteiger partial charge in [0.1, 0.15) is 17.4 Å². The number of methoxy groups -OCH3 is 1. The monoisotopic (exact) mass is 435 g/mol. The van der Waals surface area contributed by atoms with Crippen LogP contribution in [0.3, 0.4) is 0 Å². The van der Waals surface area contributed by atoms with Gasteiger partial charge in [0, 0.05) is 24.1 Å². The third-order valence-electron chi connectivity index (χ3n) is 6.21. The molecular weight excluding hydrogens is 405 g/mol. The van der Waals surface area contributed by atoms with Crippen LogP contribution in [0.4, 0.5) is 10.2 Å². The summed E-state index contributed by atoms with van der Waals surface area (Å²) in [5, 5.41) is 3.43. The van der Waals surface area contributed by atoms with Gasteiger partial charge in [0.25, 0.3) is 0 Å². The van der Waals surface area contributed by atoms with Crippen molar-refractivity contribution in [3.05, 3.63) is 72.3 Å². The lowest BCUT2D eigenvalue weighted by atomic mass is 9.67. The first-order valence-corrected chi connectivity index (χ1v) is 11.0. The fraction of sp³-hybridized carbons (Fsp3) is 0.385. The number of nitrogens with zero attached hydrogens (tertiary/aromatic N) is 2. The molecule has 1 fully saturated rings. The summed E-state index contributed by atoms with van der Waals surface area (Å²) < 4.78 is 25.2. The lowest BCUT2D eigenvalue weighted by Gasteiger charge is -2.45. The van der Waals surface area contributed by atoms with Crippen molar-refractivity contribution in [1.82, 2.24) is 9.97 Å². The molecule has 0 aliphatic carbocycles. The first kappa shape index (κ1) is 22.2. The van der Waals surface area contributed by atoms with Gasteiger partial charge in [-0.25, -0.2) is 9.37 Å². The molecule has 0 spiro atoms. The summed E-state index contributed by atoms with van der Waals surface area (Å²) in [6.45, 7) is 5.82. The Morgan fingerprint density at radius 2 is 1.94 bits per heavy atom. The highest BCUT2D eigenvalue weighted by molar-refractivity contribution is 5.67. The number of halogens is 1. The Kier molecular flexibility index (Phi) is 6.42. The number of aromatic nitrogens is 2. The maximum atomic E-state index is 13.8. The van der Waals surface area contributed by atoms with Crippen LogP contribution in [0.1, 0.15) is 38.7 Å². The molecule has 0 amide bonds. The summed E-state index contributed by atoms with van der Waals surface area (Å²) in [6.07, 6.45) is 6.19. The minimum atomic E-state index is -0.340. The topological polar surface area (TPSA) is 56.3 Å².